The molecule has 7 nitrogen and oxygen atoms in total. The Labute approximate surface area is 196 Å². The first kappa shape index (κ1) is 23.6. The average molecular weight is 492 g/mol. The van der Waals surface area contributed by atoms with Crippen LogP contribution in [0.4, 0.5) is 5.69 Å². The lowest BCUT2D eigenvalue weighted by Gasteiger charge is -2.24. The summed E-state index contributed by atoms with van der Waals surface area (Å²) in [6.07, 6.45) is 1.30. The zero-order valence-corrected chi connectivity index (χ0v) is 19.2. The summed E-state index contributed by atoms with van der Waals surface area (Å²) in [5.74, 6) is -0.214. The lowest BCUT2D eigenvalue weighted by atomic mass is 10.2. The summed E-state index contributed by atoms with van der Waals surface area (Å²) < 4.78 is 32.7. The van der Waals surface area contributed by atoms with Crippen LogP contribution in [0.2, 0.25) is 10.0 Å². The van der Waals surface area contributed by atoms with E-state index in [-0.39, 0.29) is 10.6 Å². The Hall–Kier alpha value is -3.07. The van der Waals surface area contributed by atoms with Crippen LogP contribution in [0.3, 0.4) is 0 Å². The molecule has 0 heterocycles. The third-order valence-corrected chi connectivity index (χ3v) is 6.79. The molecule has 0 aliphatic carbocycles. The number of methoxy groups -OCH3 is 1. The number of hydrogen-bond donors (Lipinski definition) is 1. The van der Waals surface area contributed by atoms with Crippen LogP contribution in [-0.4, -0.2) is 34.2 Å². The maximum Gasteiger partial charge on any atom is 0.264 e. The van der Waals surface area contributed by atoms with Crippen molar-refractivity contribution < 1.29 is 17.9 Å². The molecule has 1 amide bonds. The van der Waals surface area contributed by atoms with Gasteiger partial charge in [0.15, 0.2) is 0 Å². The maximum absolute atomic E-state index is 13.3. The van der Waals surface area contributed by atoms with Gasteiger partial charge in [-0.1, -0.05) is 53.5 Å². The monoisotopic (exact) mass is 491 g/mol. The Morgan fingerprint density at radius 1 is 1.03 bits per heavy atom. The first-order valence-electron chi connectivity index (χ1n) is 9.30. The molecule has 0 saturated heterocycles. The normalized spacial score (nSPS) is 11.3. The number of carbonyl (C=O) groups excluding carboxylic acids is 1. The molecule has 0 aromatic heterocycles. The number of halogens is 2. The second-order valence-corrected chi connectivity index (χ2v) is 9.13. The molecule has 32 heavy (non-hydrogen) atoms. The van der Waals surface area contributed by atoms with Gasteiger partial charge in [-0.3, -0.25) is 9.10 Å². The highest BCUT2D eigenvalue weighted by atomic mass is 35.5. The molecule has 0 unspecified atom stereocenters. The number of hydrazone groups is 1. The van der Waals surface area contributed by atoms with E-state index in [1.807, 2.05) is 0 Å². The number of benzene rings is 3. The molecule has 3 aromatic rings. The minimum atomic E-state index is -4.04. The van der Waals surface area contributed by atoms with E-state index in [2.05, 4.69) is 10.5 Å². The fourth-order valence-corrected chi connectivity index (χ4v) is 4.70. The van der Waals surface area contributed by atoms with Crippen molar-refractivity contribution in [3.05, 3.63) is 88.4 Å². The molecular formula is C22H19Cl2N3O4S. The highest BCUT2D eigenvalue weighted by molar-refractivity contribution is 7.92. The summed E-state index contributed by atoms with van der Waals surface area (Å²) in [5, 5.41) is 4.58. The van der Waals surface area contributed by atoms with Crippen molar-refractivity contribution in [2.45, 2.75) is 4.90 Å². The minimum absolute atomic E-state index is 0.0435. The van der Waals surface area contributed by atoms with Crippen molar-refractivity contribution in [2.75, 3.05) is 18.0 Å². The Balaban J connectivity index is 1.87. The molecular weight excluding hydrogens is 473 g/mol. The molecule has 0 fully saturated rings. The van der Waals surface area contributed by atoms with Crippen molar-refractivity contribution in [3.63, 3.8) is 0 Å². The van der Waals surface area contributed by atoms with Gasteiger partial charge in [0.1, 0.15) is 12.3 Å². The van der Waals surface area contributed by atoms with Gasteiger partial charge in [0.05, 0.1) is 34.0 Å². The standard InChI is InChI=1S/C22H19Cl2N3O4S/c1-31-17-8-5-7-16(13-17)27(32(29,30)18-9-3-2-4-10-18)15-22(28)26-25-14-19-20(23)11-6-12-21(19)24/h2-14H,15H2,1H3,(H,26,28)/b25-14-. The van der Waals surface area contributed by atoms with E-state index in [0.29, 0.717) is 21.4 Å². The smallest absolute Gasteiger partial charge is 0.264 e. The number of nitrogens with zero attached hydrogens (tertiary/aromatic N) is 2. The summed E-state index contributed by atoms with van der Waals surface area (Å²) in [6.45, 7) is -0.516. The van der Waals surface area contributed by atoms with Crippen LogP contribution in [0.5, 0.6) is 5.75 Å². The Morgan fingerprint density at radius 2 is 1.69 bits per heavy atom. The van der Waals surface area contributed by atoms with Gasteiger partial charge in [0.25, 0.3) is 15.9 Å². The molecule has 0 aliphatic heterocycles. The number of nitrogens with one attached hydrogen (secondary N) is 1. The second-order valence-electron chi connectivity index (χ2n) is 6.45. The van der Waals surface area contributed by atoms with E-state index in [1.54, 1.807) is 54.6 Å². The number of carbonyl (C=O) groups is 1. The average Bonchev–Trinajstić information content (AvgIpc) is 2.80. The first-order chi connectivity index (χ1) is 15.3. The molecule has 3 aromatic carbocycles. The summed E-state index contributed by atoms with van der Waals surface area (Å²) in [7, 11) is -2.57. The molecule has 0 saturated carbocycles. The Bertz CT molecular complexity index is 1210. The van der Waals surface area contributed by atoms with Crippen LogP contribution in [0, 0.1) is 0 Å². The van der Waals surface area contributed by atoms with Gasteiger partial charge in [-0.25, -0.2) is 13.8 Å². The molecule has 10 heteroatoms. The Kier molecular flexibility index (Phi) is 7.74. The molecule has 0 atom stereocenters. The van der Waals surface area contributed by atoms with E-state index in [4.69, 9.17) is 27.9 Å². The fourth-order valence-electron chi connectivity index (χ4n) is 2.77. The second kappa shape index (κ2) is 10.5. The largest absolute Gasteiger partial charge is 0.497 e. The summed E-state index contributed by atoms with van der Waals surface area (Å²) in [6, 6.07) is 19.2. The van der Waals surface area contributed by atoms with Gasteiger partial charge in [0.2, 0.25) is 0 Å². The summed E-state index contributed by atoms with van der Waals surface area (Å²) in [5.41, 5.74) is 3.01. The summed E-state index contributed by atoms with van der Waals surface area (Å²) >= 11 is 12.2. The number of anilines is 1. The highest BCUT2D eigenvalue weighted by Gasteiger charge is 2.27. The third-order valence-electron chi connectivity index (χ3n) is 4.34. The van der Waals surface area contributed by atoms with E-state index >= 15 is 0 Å². The van der Waals surface area contributed by atoms with Gasteiger partial charge in [-0.15, -0.1) is 0 Å². The van der Waals surface area contributed by atoms with Gasteiger partial charge >= 0.3 is 0 Å². The topological polar surface area (TPSA) is 88.1 Å². The molecule has 166 valence electrons. The number of hydrogen-bond acceptors (Lipinski definition) is 5. The van der Waals surface area contributed by atoms with Crippen LogP contribution < -0.4 is 14.5 Å². The van der Waals surface area contributed by atoms with Crippen molar-refractivity contribution in [3.8, 4) is 5.75 Å². The van der Waals surface area contributed by atoms with Crippen LogP contribution >= 0.6 is 23.2 Å². The van der Waals surface area contributed by atoms with E-state index in [9.17, 15) is 13.2 Å². The zero-order valence-electron chi connectivity index (χ0n) is 16.9. The van der Waals surface area contributed by atoms with Crippen molar-refractivity contribution in [2.24, 2.45) is 5.10 Å². The number of rotatable bonds is 8. The van der Waals surface area contributed by atoms with Crippen LogP contribution in [-0.2, 0) is 14.8 Å². The predicted molar refractivity (Wildman–Crippen MR) is 126 cm³/mol. The molecule has 0 radical (unpaired) electrons. The zero-order chi connectivity index (χ0) is 23.1. The number of ether oxygens (including phenoxy) is 1. The van der Waals surface area contributed by atoms with Crippen LogP contribution in [0.15, 0.2) is 82.8 Å². The molecule has 1 N–H and O–H groups in total. The molecule has 0 bridgehead atoms. The molecule has 0 spiro atoms. The van der Waals surface area contributed by atoms with Crippen LogP contribution in [0.25, 0.3) is 0 Å². The maximum atomic E-state index is 13.3. The van der Waals surface area contributed by atoms with Crippen LogP contribution in [0.1, 0.15) is 5.56 Å². The first-order valence-corrected chi connectivity index (χ1v) is 11.5. The fraction of sp³-hybridized carbons (Fsp3) is 0.0909. The third kappa shape index (κ3) is 5.59. The van der Waals surface area contributed by atoms with Gasteiger partial charge < -0.3 is 4.74 Å². The van der Waals surface area contributed by atoms with E-state index in [0.717, 1.165) is 4.31 Å². The SMILES string of the molecule is COc1cccc(N(CC(=O)N/N=C\c2c(Cl)cccc2Cl)S(=O)(=O)c2ccccc2)c1. The predicted octanol–water partition coefficient (Wildman–Crippen LogP) is 4.35. The number of sulfonamides is 1. The minimum Gasteiger partial charge on any atom is -0.497 e. The number of amides is 1. The van der Waals surface area contributed by atoms with Crippen molar-refractivity contribution >= 4 is 51.0 Å². The highest BCUT2D eigenvalue weighted by Crippen LogP contribution is 2.27. The van der Waals surface area contributed by atoms with Gasteiger partial charge in [0, 0.05) is 11.6 Å². The quantitative estimate of drug-likeness (QED) is 0.374. The lowest BCUT2D eigenvalue weighted by molar-refractivity contribution is -0.119. The lowest BCUT2D eigenvalue weighted by Crippen LogP contribution is -2.39. The van der Waals surface area contributed by atoms with Crippen molar-refractivity contribution in [1.29, 1.82) is 0 Å². The van der Waals surface area contributed by atoms with Gasteiger partial charge in [-0.2, -0.15) is 5.10 Å². The molecule has 0 aliphatic rings. The molecule has 3 rings (SSSR count). The van der Waals surface area contributed by atoms with E-state index < -0.39 is 22.5 Å². The Morgan fingerprint density at radius 3 is 2.34 bits per heavy atom. The van der Waals surface area contributed by atoms with E-state index in [1.165, 1.54) is 31.5 Å². The summed E-state index contributed by atoms with van der Waals surface area (Å²) in [4.78, 5) is 12.6. The van der Waals surface area contributed by atoms with Crippen molar-refractivity contribution in [1.82, 2.24) is 5.43 Å². The van der Waals surface area contributed by atoms with Gasteiger partial charge in [-0.05, 0) is 36.4 Å².